The Hall–Kier alpha value is -3.68. The lowest BCUT2D eigenvalue weighted by atomic mass is 10.1. The maximum Gasteiger partial charge on any atom is 0.287 e. The highest BCUT2D eigenvalue weighted by molar-refractivity contribution is 5.94. The topological polar surface area (TPSA) is 112 Å². The molecule has 0 aliphatic carbocycles. The van der Waals surface area contributed by atoms with Crippen molar-refractivity contribution >= 4 is 18.0 Å². The lowest BCUT2D eigenvalue weighted by molar-refractivity contribution is -0.120. The third-order valence-electron chi connectivity index (χ3n) is 3.28. The van der Waals surface area contributed by atoms with Crippen LogP contribution in [0.15, 0.2) is 64.4 Å². The summed E-state index contributed by atoms with van der Waals surface area (Å²) in [7, 11) is 0. The molecule has 0 bridgehead atoms. The average molecular weight is 337 g/mol. The van der Waals surface area contributed by atoms with Crippen LogP contribution in [0.4, 0.5) is 0 Å². The van der Waals surface area contributed by atoms with Gasteiger partial charge in [-0.05, 0) is 12.1 Å². The standard InChI is InChI=1S/C17H15N5O3/c23-15(11-18-17(24)14-7-4-8-25-14)21-19-9-13-10-20-22-16(13)12-5-2-1-3-6-12/h1-10H,11H2,(H,18,24)(H,20,22)(H,21,23). The molecule has 0 saturated heterocycles. The van der Waals surface area contributed by atoms with Gasteiger partial charge in [-0.2, -0.15) is 10.2 Å². The molecule has 3 aromatic rings. The molecule has 8 heteroatoms. The van der Waals surface area contributed by atoms with Crippen LogP contribution in [0, 0.1) is 0 Å². The highest BCUT2D eigenvalue weighted by Crippen LogP contribution is 2.18. The first-order valence-corrected chi connectivity index (χ1v) is 7.46. The minimum atomic E-state index is -0.467. The Morgan fingerprint density at radius 2 is 2.04 bits per heavy atom. The molecule has 0 aliphatic heterocycles. The smallest absolute Gasteiger partial charge is 0.287 e. The number of rotatable bonds is 6. The van der Waals surface area contributed by atoms with Gasteiger partial charge in [-0.1, -0.05) is 30.3 Å². The highest BCUT2D eigenvalue weighted by atomic mass is 16.3. The second-order valence-electron chi connectivity index (χ2n) is 5.02. The van der Waals surface area contributed by atoms with Crippen molar-refractivity contribution in [3.05, 3.63) is 66.2 Å². The van der Waals surface area contributed by atoms with E-state index in [9.17, 15) is 9.59 Å². The molecular weight excluding hydrogens is 322 g/mol. The van der Waals surface area contributed by atoms with E-state index >= 15 is 0 Å². The van der Waals surface area contributed by atoms with Crippen molar-refractivity contribution in [1.29, 1.82) is 0 Å². The fourth-order valence-corrected chi connectivity index (χ4v) is 2.10. The third-order valence-corrected chi connectivity index (χ3v) is 3.28. The molecule has 8 nitrogen and oxygen atoms in total. The maximum absolute atomic E-state index is 11.7. The molecule has 3 N–H and O–H groups in total. The van der Waals surface area contributed by atoms with Crippen LogP contribution in [-0.4, -0.2) is 34.8 Å². The predicted octanol–water partition coefficient (Wildman–Crippen LogP) is 1.55. The SMILES string of the molecule is O=C(CNC(=O)c1ccco1)NN=Cc1cn[nH]c1-c1ccccc1. The Bertz CT molecular complexity index is 869. The van der Waals surface area contributed by atoms with Crippen LogP contribution in [0.3, 0.4) is 0 Å². The van der Waals surface area contributed by atoms with E-state index in [2.05, 4.69) is 26.0 Å². The predicted molar refractivity (Wildman–Crippen MR) is 90.8 cm³/mol. The zero-order valence-corrected chi connectivity index (χ0v) is 13.1. The molecule has 0 unspecified atom stereocenters. The van der Waals surface area contributed by atoms with Gasteiger partial charge in [0.15, 0.2) is 5.76 Å². The van der Waals surface area contributed by atoms with Crippen molar-refractivity contribution in [1.82, 2.24) is 20.9 Å². The Balaban J connectivity index is 1.53. The Morgan fingerprint density at radius 3 is 2.80 bits per heavy atom. The zero-order valence-electron chi connectivity index (χ0n) is 13.1. The number of aromatic nitrogens is 2. The summed E-state index contributed by atoms with van der Waals surface area (Å²) in [4.78, 5) is 23.3. The van der Waals surface area contributed by atoms with Crippen LogP contribution >= 0.6 is 0 Å². The number of amides is 2. The minimum absolute atomic E-state index is 0.141. The number of hydrogen-bond acceptors (Lipinski definition) is 5. The molecule has 2 amide bonds. The van der Waals surface area contributed by atoms with Crippen molar-refractivity contribution in [2.45, 2.75) is 0 Å². The van der Waals surface area contributed by atoms with Crippen LogP contribution in [0.25, 0.3) is 11.3 Å². The molecular formula is C17H15N5O3. The van der Waals surface area contributed by atoms with Crippen LogP contribution in [0.2, 0.25) is 0 Å². The zero-order chi connectivity index (χ0) is 17.5. The summed E-state index contributed by atoms with van der Waals surface area (Å²) in [6, 6.07) is 12.7. The molecule has 25 heavy (non-hydrogen) atoms. The first kappa shape index (κ1) is 16.2. The molecule has 0 radical (unpaired) electrons. The van der Waals surface area contributed by atoms with Crippen molar-refractivity contribution in [2.24, 2.45) is 5.10 Å². The number of hydrazone groups is 1. The summed E-state index contributed by atoms with van der Waals surface area (Å²) in [6.07, 6.45) is 4.48. The minimum Gasteiger partial charge on any atom is -0.459 e. The van der Waals surface area contributed by atoms with Gasteiger partial charge in [0, 0.05) is 11.1 Å². The number of aromatic amines is 1. The molecule has 0 saturated carbocycles. The average Bonchev–Trinajstić information content (AvgIpc) is 3.32. The van der Waals surface area contributed by atoms with Gasteiger partial charge >= 0.3 is 0 Å². The molecule has 0 spiro atoms. The van der Waals surface area contributed by atoms with Gasteiger partial charge in [0.05, 0.1) is 30.9 Å². The molecule has 2 heterocycles. The maximum atomic E-state index is 11.7. The second-order valence-corrected chi connectivity index (χ2v) is 5.02. The quantitative estimate of drug-likeness (QED) is 0.468. The molecule has 1 aromatic carbocycles. The van der Waals surface area contributed by atoms with Gasteiger partial charge in [0.25, 0.3) is 11.8 Å². The van der Waals surface area contributed by atoms with Crippen molar-refractivity contribution < 1.29 is 14.0 Å². The summed E-state index contributed by atoms with van der Waals surface area (Å²) in [5, 5.41) is 13.2. The van der Waals surface area contributed by atoms with Crippen LogP contribution < -0.4 is 10.7 Å². The van der Waals surface area contributed by atoms with E-state index in [0.717, 1.165) is 16.8 Å². The normalized spacial score (nSPS) is 10.7. The molecule has 2 aromatic heterocycles. The summed E-state index contributed by atoms with van der Waals surface area (Å²) in [5.41, 5.74) is 4.82. The second kappa shape index (κ2) is 7.73. The lowest BCUT2D eigenvalue weighted by Crippen LogP contribution is -2.34. The van der Waals surface area contributed by atoms with Crippen molar-refractivity contribution in [3.63, 3.8) is 0 Å². The van der Waals surface area contributed by atoms with Crippen LogP contribution in [0.1, 0.15) is 16.1 Å². The fourth-order valence-electron chi connectivity index (χ4n) is 2.10. The van der Waals surface area contributed by atoms with E-state index in [4.69, 9.17) is 4.42 Å². The number of benzene rings is 1. The Labute approximate surface area is 142 Å². The molecule has 126 valence electrons. The molecule has 0 fully saturated rings. The van der Waals surface area contributed by atoms with E-state index in [0.29, 0.717) is 0 Å². The summed E-state index contributed by atoms with van der Waals surface area (Å²) >= 11 is 0. The van der Waals surface area contributed by atoms with Gasteiger partial charge < -0.3 is 9.73 Å². The van der Waals surface area contributed by atoms with Crippen molar-refractivity contribution in [2.75, 3.05) is 6.54 Å². The number of carbonyl (C=O) groups is 2. The Morgan fingerprint density at radius 1 is 1.20 bits per heavy atom. The van der Waals surface area contributed by atoms with Crippen LogP contribution in [0.5, 0.6) is 0 Å². The number of nitrogens with one attached hydrogen (secondary N) is 3. The van der Waals surface area contributed by atoms with E-state index in [1.54, 1.807) is 12.3 Å². The number of hydrogen-bond donors (Lipinski definition) is 3. The summed E-state index contributed by atoms with van der Waals surface area (Å²) < 4.78 is 4.93. The Kier molecular flexibility index (Phi) is 5.01. The fraction of sp³-hybridized carbons (Fsp3) is 0.0588. The molecule has 3 rings (SSSR count). The van der Waals surface area contributed by atoms with Gasteiger partial charge in [-0.15, -0.1) is 0 Å². The number of H-pyrrole nitrogens is 1. The number of nitrogens with zero attached hydrogens (tertiary/aromatic N) is 2. The van der Waals surface area contributed by atoms with Gasteiger partial charge in [0.2, 0.25) is 0 Å². The molecule has 0 atom stereocenters. The molecule has 0 aliphatic rings. The van der Waals surface area contributed by atoms with E-state index < -0.39 is 11.8 Å². The first-order chi connectivity index (χ1) is 12.2. The van der Waals surface area contributed by atoms with Crippen molar-refractivity contribution in [3.8, 4) is 11.3 Å². The number of carbonyl (C=O) groups excluding carboxylic acids is 2. The van der Waals surface area contributed by atoms with E-state index in [1.165, 1.54) is 18.5 Å². The van der Waals surface area contributed by atoms with Gasteiger partial charge in [-0.25, -0.2) is 5.43 Å². The third kappa shape index (κ3) is 4.20. The van der Waals surface area contributed by atoms with Gasteiger partial charge in [-0.3, -0.25) is 14.7 Å². The van der Waals surface area contributed by atoms with Gasteiger partial charge in [0.1, 0.15) is 0 Å². The largest absolute Gasteiger partial charge is 0.459 e. The highest BCUT2D eigenvalue weighted by Gasteiger charge is 2.10. The van der Waals surface area contributed by atoms with E-state index in [1.807, 2.05) is 30.3 Å². The monoisotopic (exact) mass is 337 g/mol. The van der Waals surface area contributed by atoms with Crippen LogP contribution in [-0.2, 0) is 4.79 Å². The first-order valence-electron chi connectivity index (χ1n) is 7.46. The summed E-state index contributed by atoms with van der Waals surface area (Å²) in [6.45, 7) is -0.214. The van der Waals surface area contributed by atoms with E-state index in [-0.39, 0.29) is 12.3 Å². The number of furan rings is 1. The summed E-state index contributed by atoms with van der Waals surface area (Å²) in [5.74, 6) is -0.784. The lowest BCUT2D eigenvalue weighted by Gasteiger charge is -2.02.